The van der Waals surface area contributed by atoms with Gasteiger partial charge >= 0.3 is 0 Å². The van der Waals surface area contributed by atoms with Crippen molar-refractivity contribution in [3.8, 4) is 5.69 Å². The Hall–Kier alpha value is -3.37. The average Bonchev–Trinajstić information content (AvgIpc) is 3.54. The van der Waals surface area contributed by atoms with Crippen LogP contribution in [0, 0.1) is 5.92 Å². The van der Waals surface area contributed by atoms with Gasteiger partial charge in [0.1, 0.15) is 17.7 Å². The Morgan fingerprint density at radius 2 is 2.02 bits per heavy atom. The second-order valence-electron chi connectivity index (χ2n) is 12.1. The third-order valence-electron chi connectivity index (χ3n) is 9.11. The number of pyridine rings is 1. The summed E-state index contributed by atoms with van der Waals surface area (Å²) in [4.78, 5) is 19.3. The van der Waals surface area contributed by atoms with Gasteiger partial charge in [0.25, 0.3) is 11.5 Å². The van der Waals surface area contributed by atoms with E-state index >= 15 is 0 Å². The van der Waals surface area contributed by atoms with Crippen molar-refractivity contribution < 1.29 is 13.5 Å². The van der Waals surface area contributed by atoms with Gasteiger partial charge in [-0.1, -0.05) is 19.1 Å². The zero-order chi connectivity index (χ0) is 27.6. The first kappa shape index (κ1) is 25.6. The number of aromatic nitrogens is 5. The summed E-state index contributed by atoms with van der Waals surface area (Å²) in [5.41, 5.74) is 4.26. The lowest BCUT2D eigenvalue weighted by atomic mass is 9.75. The number of H-pyrrole nitrogens is 1. The van der Waals surface area contributed by atoms with Crippen molar-refractivity contribution in [2.45, 2.75) is 56.4 Å². The lowest BCUT2D eigenvalue weighted by molar-refractivity contribution is -0.100. The number of likely N-dealkylation sites (tertiary alicyclic amines) is 1. The van der Waals surface area contributed by atoms with Gasteiger partial charge in [0.05, 0.1) is 13.2 Å². The SMILES string of the molecule is CC1CN(Cc2cc3c(C4CC4)cn(-c4cccc(C5(Cc6nncn6C)COC5)c4)c(=O)c3[nH]2)CCC1(F)F. The minimum Gasteiger partial charge on any atom is -0.379 e. The number of halogens is 2. The fourth-order valence-electron chi connectivity index (χ4n) is 6.32. The first-order chi connectivity index (χ1) is 19.2. The summed E-state index contributed by atoms with van der Waals surface area (Å²) in [7, 11) is 1.94. The van der Waals surface area contributed by atoms with Crippen LogP contribution >= 0.6 is 0 Å². The topological polar surface area (TPSA) is 81.0 Å². The molecule has 8 nitrogen and oxygen atoms in total. The minimum absolute atomic E-state index is 0.103. The number of rotatable bonds is 7. The maximum absolute atomic E-state index is 14.0. The highest BCUT2D eigenvalue weighted by atomic mass is 19.3. The van der Waals surface area contributed by atoms with Crippen molar-refractivity contribution in [2.75, 3.05) is 26.3 Å². The Balaban J connectivity index is 1.24. The highest BCUT2D eigenvalue weighted by Crippen LogP contribution is 2.43. The molecular weight excluding hydrogens is 514 g/mol. The molecule has 5 heterocycles. The molecule has 7 rings (SSSR count). The number of aryl methyl sites for hydroxylation is 1. The summed E-state index contributed by atoms with van der Waals surface area (Å²) in [6.45, 7) is 4.01. The van der Waals surface area contributed by atoms with E-state index in [4.69, 9.17) is 4.74 Å². The van der Waals surface area contributed by atoms with E-state index in [1.165, 1.54) is 5.56 Å². The van der Waals surface area contributed by atoms with Crippen molar-refractivity contribution in [3.05, 3.63) is 75.9 Å². The fourth-order valence-corrected chi connectivity index (χ4v) is 6.32. The van der Waals surface area contributed by atoms with Gasteiger partial charge in [0.2, 0.25) is 0 Å². The Morgan fingerprint density at radius 3 is 2.70 bits per heavy atom. The van der Waals surface area contributed by atoms with Crippen LogP contribution in [0.3, 0.4) is 0 Å². The number of aromatic amines is 1. The zero-order valence-electron chi connectivity index (χ0n) is 22.9. The maximum Gasteiger partial charge on any atom is 0.279 e. The van der Waals surface area contributed by atoms with Crippen molar-refractivity contribution in [2.24, 2.45) is 13.0 Å². The molecule has 210 valence electrons. The van der Waals surface area contributed by atoms with E-state index in [-0.39, 0.29) is 17.4 Å². The Labute approximate surface area is 231 Å². The van der Waals surface area contributed by atoms with Crippen LogP contribution in [-0.4, -0.2) is 61.4 Å². The fraction of sp³-hybridized carbons (Fsp3) is 0.500. The molecule has 2 saturated heterocycles. The molecule has 1 unspecified atom stereocenters. The molecule has 0 bridgehead atoms. The average molecular weight is 549 g/mol. The number of nitrogens with one attached hydrogen (secondary N) is 1. The number of hydrogen-bond donors (Lipinski definition) is 1. The van der Waals surface area contributed by atoms with Crippen molar-refractivity contribution in [1.29, 1.82) is 0 Å². The first-order valence-corrected chi connectivity index (χ1v) is 14.1. The lowest BCUT2D eigenvalue weighted by Gasteiger charge is -2.41. The number of fused-ring (bicyclic) bond motifs is 1. The van der Waals surface area contributed by atoms with Crippen molar-refractivity contribution in [3.63, 3.8) is 0 Å². The number of alkyl halides is 2. The van der Waals surface area contributed by atoms with E-state index in [1.807, 2.05) is 29.9 Å². The highest BCUT2D eigenvalue weighted by molar-refractivity contribution is 5.84. The molecule has 0 radical (unpaired) electrons. The molecule has 1 aliphatic carbocycles. The molecule has 1 atom stereocenters. The molecule has 1 N–H and O–H groups in total. The number of hydrogen-bond acceptors (Lipinski definition) is 5. The van der Waals surface area contributed by atoms with E-state index in [0.717, 1.165) is 41.0 Å². The number of benzene rings is 1. The van der Waals surface area contributed by atoms with Gasteiger partial charge in [-0.25, -0.2) is 8.78 Å². The molecule has 0 amide bonds. The normalized spacial score (nSPS) is 22.4. The number of piperidine rings is 1. The van der Waals surface area contributed by atoms with Crippen LogP contribution in [0.25, 0.3) is 16.6 Å². The predicted molar refractivity (Wildman–Crippen MR) is 147 cm³/mol. The Bertz CT molecular complexity index is 1630. The van der Waals surface area contributed by atoms with E-state index in [1.54, 1.807) is 17.8 Å². The van der Waals surface area contributed by atoms with Crippen molar-refractivity contribution in [1.82, 2.24) is 29.2 Å². The number of ether oxygens (including phenoxy) is 1. The molecule has 2 aliphatic heterocycles. The molecule has 3 fully saturated rings. The van der Waals surface area contributed by atoms with Gasteiger partial charge in [-0.2, -0.15) is 0 Å². The van der Waals surface area contributed by atoms with Gasteiger partial charge in [0.15, 0.2) is 0 Å². The monoisotopic (exact) mass is 548 g/mol. The molecule has 3 aliphatic rings. The lowest BCUT2D eigenvalue weighted by Crippen LogP contribution is -2.49. The minimum atomic E-state index is -2.61. The summed E-state index contributed by atoms with van der Waals surface area (Å²) in [6, 6.07) is 10.2. The molecule has 40 heavy (non-hydrogen) atoms. The molecule has 0 spiro atoms. The molecule has 1 saturated carbocycles. The van der Waals surface area contributed by atoms with Crippen LogP contribution < -0.4 is 5.56 Å². The second-order valence-corrected chi connectivity index (χ2v) is 12.1. The van der Waals surface area contributed by atoms with Crippen LogP contribution in [0.4, 0.5) is 8.78 Å². The summed E-state index contributed by atoms with van der Waals surface area (Å²) in [6.07, 6.45) is 6.49. The third kappa shape index (κ3) is 4.37. The predicted octanol–water partition coefficient (Wildman–Crippen LogP) is 4.31. The van der Waals surface area contributed by atoms with Gasteiger partial charge in [-0.3, -0.25) is 14.3 Å². The van der Waals surface area contributed by atoms with Crippen LogP contribution in [0.1, 0.15) is 54.7 Å². The maximum atomic E-state index is 14.0. The van der Waals surface area contributed by atoms with Crippen LogP contribution in [0.2, 0.25) is 0 Å². The van der Waals surface area contributed by atoms with Crippen LogP contribution in [0.5, 0.6) is 0 Å². The summed E-state index contributed by atoms with van der Waals surface area (Å²) < 4.78 is 37.4. The zero-order valence-corrected chi connectivity index (χ0v) is 22.9. The largest absolute Gasteiger partial charge is 0.379 e. The Kier molecular flexibility index (Phi) is 5.98. The van der Waals surface area contributed by atoms with Crippen LogP contribution in [-0.2, 0) is 30.2 Å². The second kappa shape index (κ2) is 9.34. The third-order valence-corrected chi connectivity index (χ3v) is 9.11. The quantitative estimate of drug-likeness (QED) is 0.372. The smallest absolute Gasteiger partial charge is 0.279 e. The summed E-state index contributed by atoms with van der Waals surface area (Å²) in [5.74, 6) is -1.97. The standard InChI is InChI=1S/C30H34F2N6O2/c1-19-13-37(9-8-30(19,31)32)14-22-11-24-25(20-6-7-20)15-38(28(39)27(24)34-22)23-5-3-4-21(10-23)29(16-40-17-29)12-26-35-33-18-36(26)2/h3-5,10-11,15,18-20,34H,6-9,12-14,16-17H2,1-2H3. The first-order valence-electron chi connectivity index (χ1n) is 14.1. The molecular formula is C30H34F2N6O2. The number of nitrogens with zero attached hydrogens (tertiary/aromatic N) is 5. The Morgan fingerprint density at radius 1 is 1.20 bits per heavy atom. The van der Waals surface area contributed by atoms with Gasteiger partial charge < -0.3 is 14.3 Å². The van der Waals surface area contributed by atoms with E-state index in [9.17, 15) is 13.6 Å². The van der Waals surface area contributed by atoms with E-state index < -0.39 is 11.8 Å². The molecule has 10 heteroatoms. The molecule has 4 aromatic rings. The van der Waals surface area contributed by atoms with E-state index in [2.05, 4.69) is 38.3 Å². The molecule has 1 aromatic carbocycles. The van der Waals surface area contributed by atoms with Crippen LogP contribution in [0.15, 0.2) is 47.7 Å². The van der Waals surface area contributed by atoms with E-state index in [0.29, 0.717) is 50.7 Å². The van der Waals surface area contributed by atoms with Gasteiger partial charge in [0, 0.05) is 73.8 Å². The summed E-state index contributed by atoms with van der Waals surface area (Å²) in [5, 5.41) is 9.27. The van der Waals surface area contributed by atoms with Crippen molar-refractivity contribution >= 4 is 10.9 Å². The van der Waals surface area contributed by atoms with Gasteiger partial charge in [-0.15, -0.1) is 10.2 Å². The van der Waals surface area contributed by atoms with Gasteiger partial charge in [-0.05, 0) is 48.1 Å². The molecule has 3 aromatic heterocycles. The highest BCUT2D eigenvalue weighted by Gasteiger charge is 2.42. The summed E-state index contributed by atoms with van der Waals surface area (Å²) >= 11 is 0.